The van der Waals surface area contributed by atoms with E-state index in [4.69, 9.17) is 5.73 Å². The summed E-state index contributed by atoms with van der Waals surface area (Å²) < 4.78 is 26.4. The van der Waals surface area contributed by atoms with Gasteiger partial charge in [-0.05, 0) is 19.3 Å². The van der Waals surface area contributed by atoms with Gasteiger partial charge in [0, 0.05) is 6.54 Å². The normalized spacial score (nSPS) is 13.3. The highest BCUT2D eigenvalue weighted by Crippen LogP contribution is 2.11. The standard InChI is InChI=1S/C11H21N5O2S/c1-4-8(7-12)19(17,18)16-11-13-9(5-2)10(6-3)14-15-11/h8H,4-7,12H2,1-3H3,(H,13,15,16). The second kappa shape index (κ2) is 6.76. The molecule has 108 valence electrons. The Morgan fingerprint density at radius 3 is 2.26 bits per heavy atom. The molecule has 1 atom stereocenters. The van der Waals surface area contributed by atoms with Crippen molar-refractivity contribution in [2.24, 2.45) is 5.73 Å². The van der Waals surface area contributed by atoms with Crippen LogP contribution in [0, 0.1) is 0 Å². The van der Waals surface area contributed by atoms with Gasteiger partial charge in [0.25, 0.3) is 5.95 Å². The molecule has 1 rings (SSSR count). The number of aryl methyl sites for hydroxylation is 2. The number of anilines is 1. The van der Waals surface area contributed by atoms with Crippen LogP contribution in [-0.4, -0.2) is 35.4 Å². The number of nitrogens with one attached hydrogen (secondary N) is 1. The lowest BCUT2D eigenvalue weighted by Gasteiger charge is -2.14. The topological polar surface area (TPSA) is 111 Å². The zero-order chi connectivity index (χ0) is 14.5. The van der Waals surface area contributed by atoms with Crippen molar-refractivity contribution in [1.29, 1.82) is 0 Å². The van der Waals surface area contributed by atoms with Gasteiger partial charge in [0.15, 0.2) is 0 Å². The predicted octanol–water partition coefficient (Wildman–Crippen LogP) is 0.475. The summed E-state index contributed by atoms with van der Waals surface area (Å²) in [5.41, 5.74) is 7.00. The van der Waals surface area contributed by atoms with Crippen molar-refractivity contribution < 1.29 is 8.42 Å². The first-order valence-corrected chi connectivity index (χ1v) is 7.97. The average Bonchev–Trinajstić information content (AvgIpc) is 2.39. The van der Waals surface area contributed by atoms with E-state index in [9.17, 15) is 8.42 Å². The van der Waals surface area contributed by atoms with E-state index in [1.54, 1.807) is 6.92 Å². The number of hydrogen-bond donors (Lipinski definition) is 2. The largest absolute Gasteiger partial charge is 0.329 e. The second-order valence-electron chi connectivity index (χ2n) is 4.15. The van der Waals surface area contributed by atoms with E-state index < -0.39 is 15.3 Å². The monoisotopic (exact) mass is 287 g/mol. The zero-order valence-electron chi connectivity index (χ0n) is 11.5. The number of aromatic nitrogens is 3. The SMILES string of the molecule is CCc1nnc(NS(=O)(=O)C(CC)CN)nc1CC. The predicted molar refractivity (Wildman–Crippen MR) is 74.3 cm³/mol. The summed E-state index contributed by atoms with van der Waals surface area (Å²) in [5.74, 6) is 0.0148. The van der Waals surface area contributed by atoms with Crippen LogP contribution in [0.2, 0.25) is 0 Å². The van der Waals surface area contributed by atoms with Crippen LogP contribution >= 0.6 is 0 Å². The number of sulfonamides is 1. The zero-order valence-corrected chi connectivity index (χ0v) is 12.4. The lowest BCUT2D eigenvalue weighted by molar-refractivity contribution is 0.581. The molecule has 1 aromatic heterocycles. The van der Waals surface area contributed by atoms with Gasteiger partial charge in [-0.2, -0.15) is 0 Å². The third kappa shape index (κ3) is 3.84. The molecule has 0 saturated carbocycles. The summed E-state index contributed by atoms with van der Waals surface area (Å²) in [5, 5.41) is 7.15. The van der Waals surface area contributed by atoms with Crippen molar-refractivity contribution in [2.45, 2.75) is 45.3 Å². The Kier molecular flexibility index (Phi) is 5.61. The molecule has 1 heterocycles. The fourth-order valence-corrected chi connectivity index (χ4v) is 2.90. The molecule has 0 spiro atoms. The van der Waals surface area contributed by atoms with Gasteiger partial charge in [-0.3, -0.25) is 0 Å². The van der Waals surface area contributed by atoms with Gasteiger partial charge in [-0.15, -0.1) is 10.2 Å². The molecule has 1 unspecified atom stereocenters. The summed E-state index contributed by atoms with van der Waals surface area (Å²) in [7, 11) is -3.56. The first-order valence-electron chi connectivity index (χ1n) is 6.42. The van der Waals surface area contributed by atoms with Crippen LogP contribution in [0.5, 0.6) is 0 Å². The molecule has 3 N–H and O–H groups in total. The van der Waals surface area contributed by atoms with Gasteiger partial charge in [-0.25, -0.2) is 18.1 Å². The van der Waals surface area contributed by atoms with E-state index in [-0.39, 0.29) is 12.5 Å². The first kappa shape index (κ1) is 15.8. The van der Waals surface area contributed by atoms with E-state index in [1.807, 2.05) is 13.8 Å². The van der Waals surface area contributed by atoms with Crippen molar-refractivity contribution >= 4 is 16.0 Å². The highest BCUT2D eigenvalue weighted by molar-refractivity contribution is 7.93. The summed E-state index contributed by atoms with van der Waals surface area (Å²) in [6, 6.07) is 0. The Morgan fingerprint density at radius 2 is 1.79 bits per heavy atom. The van der Waals surface area contributed by atoms with Crippen LogP contribution < -0.4 is 10.5 Å². The van der Waals surface area contributed by atoms with Crippen LogP contribution in [0.15, 0.2) is 0 Å². The van der Waals surface area contributed by atoms with Crippen LogP contribution in [0.4, 0.5) is 5.95 Å². The minimum atomic E-state index is -3.56. The maximum absolute atomic E-state index is 12.0. The molecular weight excluding hydrogens is 266 g/mol. The molecule has 19 heavy (non-hydrogen) atoms. The van der Waals surface area contributed by atoms with Gasteiger partial charge in [0.05, 0.1) is 16.6 Å². The molecule has 8 heteroatoms. The van der Waals surface area contributed by atoms with Gasteiger partial charge in [0.1, 0.15) is 0 Å². The van der Waals surface area contributed by atoms with E-state index in [0.717, 1.165) is 17.8 Å². The van der Waals surface area contributed by atoms with Crippen LogP contribution in [0.3, 0.4) is 0 Å². The van der Waals surface area contributed by atoms with Crippen LogP contribution in [-0.2, 0) is 22.9 Å². The summed E-state index contributed by atoms with van der Waals surface area (Å²) in [6.45, 7) is 5.73. The fraction of sp³-hybridized carbons (Fsp3) is 0.727. The molecule has 0 saturated heterocycles. The van der Waals surface area contributed by atoms with Gasteiger partial charge in [-0.1, -0.05) is 20.8 Å². The highest BCUT2D eigenvalue weighted by atomic mass is 32.2. The van der Waals surface area contributed by atoms with Gasteiger partial charge in [0.2, 0.25) is 10.0 Å². The summed E-state index contributed by atoms with van der Waals surface area (Å²) in [6.07, 6.45) is 1.84. The lowest BCUT2D eigenvalue weighted by Crippen LogP contribution is -2.34. The molecule has 0 aliphatic heterocycles. The Balaban J connectivity index is 3.00. The minimum absolute atomic E-state index is 0.0148. The van der Waals surface area contributed by atoms with E-state index in [2.05, 4.69) is 19.9 Å². The molecule has 0 aliphatic carbocycles. The van der Waals surface area contributed by atoms with Crippen molar-refractivity contribution in [1.82, 2.24) is 15.2 Å². The first-order chi connectivity index (χ1) is 8.98. The Hall–Kier alpha value is -1.28. The molecule has 0 bridgehead atoms. The third-order valence-electron chi connectivity index (χ3n) is 2.90. The van der Waals surface area contributed by atoms with Crippen LogP contribution in [0.25, 0.3) is 0 Å². The van der Waals surface area contributed by atoms with Crippen molar-refractivity contribution in [3.05, 3.63) is 11.4 Å². The second-order valence-corrected chi connectivity index (χ2v) is 6.11. The Bertz CT molecular complexity index is 514. The minimum Gasteiger partial charge on any atom is -0.329 e. The van der Waals surface area contributed by atoms with E-state index in [1.165, 1.54) is 0 Å². The molecule has 0 fully saturated rings. The summed E-state index contributed by atoms with van der Waals surface area (Å²) in [4.78, 5) is 4.19. The Labute approximate surface area is 114 Å². The molecular formula is C11H21N5O2S. The number of rotatable bonds is 7. The molecule has 1 aromatic rings. The van der Waals surface area contributed by atoms with E-state index in [0.29, 0.717) is 12.8 Å². The number of nitrogens with two attached hydrogens (primary N) is 1. The summed E-state index contributed by atoms with van der Waals surface area (Å²) >= 11 is 0. The Morgan fingerprint density at radius 1 is 1.16 bits per heavy atom. The van der Waals surface area contributed by atoms with E-state index >= 15 is 0 Å². The number of nitrogens with zero attached hydrogens (tertiary/aromatic N) is 3. The molecule has 0 radical (unpaired) electrons. The average molecular weight is 287 g/mol. The maximum Gasteiger partial charge on any atom is 0.256 e. The quantitative estimate of drug-likeness (QED) is 0.754. The third-order valence-corrected chi connectivity index (χ3v) is 4.77. The molecule has 0 aromatic carbocycles. The highest BCUT2D eigenvalue weighted by Gasteiger charge is 2.23. The van der Waals surface area contributed by atoms with Gasteiger partial charge < -0.3 is 5.73 Å². The lowest BCUT2D eigenvalue weighted by atomic mass is 10.2. The fourth-order valence-electron chi connectivity index (χ4n) is 1.70. The van der Waals surface area contributed by atoms with Crippen molar-refractivity contribution in [2.75, 3.05) is 11.3 Å². The maximum atomic E-state index is 12.0. The molecule has 7 nitrogen and oxygen atoms in total. The van der Waals surface area contributed by atoms with Crippen LogP contribution in [0.1, 0.15) is 38.6 Å². The van der Waals surface area contributed by atoms with Gasteiger partial charge >= 0.3 is 0 Å². The van der Waals surface area contributed by atoms with Crippen molar-refractivity contribution in [3.8, 4) is 0 Å². The molecule has 0 aliphatic rings. The smallest absolute Gasteiger partial charge is 0.256 e. The molecule has 0 amide bonds. The number of hydrogen-bond acceptors (Lipinski definition) is 6. The van der Waals surface area contributed by atoms with Crippen molar-refractivity contribution in [3.63, 3.8) is 0 Å².